The van der Waals surface area contributed by atoms with Gasteiger partial charge in [0.15, 0.2) is 0 Å². The van der Waals surface area contributed by atoms with Crippen molar-refractivity contribution in [3.63, 3.8) is 0 Å². The zero-order valence-electron chi connectivity index (χ0n) is 13.0. The fourth-order valence-electron chi connectivity index (χ4n) is 3.60. The first-order valence-corrected chi connectivity index (χ1v) is 8.13. The number of morpholine rings is 1. The maximum atomic E-state index is 13.5. The second-order valence-electron chi connectivity index (χ2n) is 6.32. The molecule has 0 amide bonds. The van der Waals surface area contributed by atoms with Gasteiger partial charge in [0.05, 0.1) is 19.3 Å². The topological polar surface area (TPSA) is 12.5 Å². The van der Waals surface area contributed by atoms with E-state index in [-0.39, 0.29) is 11.9 Å². The highest BCUT2D eigenvalue weighted by Crippen LogP contribution is 2.33. The van der Waals surface area contributed by atoms with Crippen LogP contribution in [-0.4, -0.2) is 30.2 Å². The summed E-state index contributed by atoms with van der Waals surface area (Å²) < 4.78 is 19.3. The van der Waals surface area contributed by atoms with Crippen molar-refractivity contribution in [1.82, 2.24) is 4.90 Å². The molecule has 0 saturated carbocycles. The lowest BCUT2D eigenvalue weighted by atomic mass is 9.89. The average Bonchev–Trinajstić information content (AvgIpc) is 2.55. The summed E-state index contributed by atoms with van der Waals surface area (Å²) in [5.74, 6) is -0.170. The summed E-state index contributed by atoms with van der Waals surface area (Å²) in [6, 6.07) is 18.1. The molecule has 118 valence electrons. The van der Waals surface area contributed by atoms with Crippen LogP contribution in [0.4, 0.5) is 4.39 Å². The van der Waals surface area contributed by atoms with Crippen LogP contribution >= 0.6 is 0 Å². The van der Waals surface area contributed by atoms with E-state index >= 15 is 0 Å². The van der Waals surface area contributed by atoms with Crippen LogP contribution in [0.1, 0.15) is 17.5 Å². The summed E-state index contributed by atoms with van der Waals surface area (Å²) in [6.45, 7) is 2.39. The van der Waals surface area contributed by atoms with Gasteiger partial charge in [0, 0.05) is 12.6 Å². The van der Waals surface area contributed by atoms with Crippen LogP contribution in [-0.2, 0) is 11.3 Å². The Bertz CT molecular complexity index is 713. The lowest BCUT2D eigenvalue weighted by Crippen LogP contribution is -2.53. The Labute approximate surface area is 136 Å². The molecule has 2 aromatic carbocycles. The Hall–Kier alpha value is -1.97. The molecular weight excluding hydrogens is 289 g/mol. The quantitative estimate of drug-likeness (QED) is 0.853. The van der Waals surface area contributed by atoms with Crippen molar-refractivity contribution in [2.45, 2.75) is 25.0 Å². The van der Waals surface area contributed by atoms with Crippen LogP contribution in [0.5, 0.6) is 0 Å². The maximum Gasteiger partial charge on any atom is 0.123 e. The van der Waals surface area contributed by atoms with E-state index in [1.165, 1.54) is 17.2 Å². The number of hydrogen-bond acceptors (Lipinski definition) is 2. The Balaban J connectivity index is 1.60. The SMILES string of the molecule is Fc1cccc(C2=CC3COCC(C2)N3Cc2ccccc2)c1. The number of nitrogens with zero attached hydrogens (tertiary/aromatic N) is 1. The summed E-state index contributed by atoms with van der Waals surface area (Å²) in [5.41, 5.74) is 3.57. The third kappa shape index (κ3) is 3.07. The van der Waals surface area contributed by atoms with Crippen molar-refractivity contribution in [1.29, 1.82) is 0 Å². The fourth-order valence-corrected chi connectivity index (χ4v) is 3.60. The van der Waals surface area contributed by atoms with Crippen LogP contribution in [0, 0.1) is 5.82 Å². The minimum absolute atomic E-state index is 0.170. The molecule has 3 heteroatoms. The minimum Gasteiger partial charge on any atom is -0.378 e. The van der Waals surface area contributed by atoms with Crippen LogP contribution in [0.3, 0.4) is 0 Å². The van der Waals surface area contributed by atoms with Gasteiger partial charge < -0.3 is 4.74 Å². The van der Waals surface area contributed by atoms with E-state index in [1.807, 2.05) is 12.1 Å². The largest absolute Gasteiger partial charge is 0.378 e. The highest BCUT2D eigenvalue weighted by Gasteiger charge is 2.34. The molecule has 0 aromatic heterocycles. The first-order chi connectivity index (χ1) is 11.3. The molecular formula is C20H20FNO. The second-order valence-corrected chi connectivity index (χ2v) is 6.32. The Morgan fingerprint density at radius 2 is 1.91 bits per heavy atom. The molecule has 1 fully saturated rings. The smallest absolute Gasteiger partial charge is 0.123 e. The highest BCUT2D eigenvalue weighted by molar-refractivity contribution is 5.67. The van der Waals surface area contributed by atoms with Gasteiger partial charge in [-0.3, -0.25) is 4.90 Å². The van der Waals surface area contributed by atoms with E-state index in [4.69, 9.17) is 4.74 Å². The van der Waals surface area contributed by atoms with Gasteiger partial charge in [0.2, 0.25) is 0 Å². The number of hydrogen-bond donors (Lipinski definition) is 0. The number of fused-ring (bicyclic) bond motifs is 2. The highest BCUT2D eigenvalue weighted by atomic mass is 19.1. The molecule has 2 aliphatic heterocycles. The van der Waals surface area contributed by atoms with E-state index in [0.717, 1.165) is 25.1 Å². The van der Waals surface area contributed by atoms with Crippen molar-refractivity contribution in [2.75, 3.05) is 13.2 Å². The van der Waals surface area contributed by atoms with Gasteiger partial charge in [0.25, 0.3) is 0 Å². The average molecular weight is 309 g/mol. The second kappa shape index (κ2) is 6.26. The number of halogens is 1. The molecule has 0 radical (unpaired) electrons. The predicted molar refractivity (Wildman–Crippen MR) is 89.4 cm³/mol. The zero-order chi connectivity index (χ0) is 15.6. The first-order valence-electron chi connectivity index (χ1n) is 8.13. The third-order valence-electron chi connectivity index (χ3n) is 4.75. The van der Waals surface area contributed by atoms with Crippen molar-refractivity contribution in [3.05, 3.63) is 77.6 Å². The lowest BCUT2D eigenvalue weighted by molar-refractivity contribution is -0.0402. The standard InChI is InChI=1S/C20H20FNO/c21-18-8-4-7-16(9-18)17-10-19-13-23-14-20(11-17)22(19)12-15-5-2-1-3-6-15/h1-10,19-20H,11-14H2. The molecule has 0 spiro atoms. The van der Waals surface area contributed by atoms with Gasteiger partial charge in [0.1, 0.15) is 5.82 Å². The maximum absolute atomic E-state index is 13.5. The summed E-state index contributed by atoms with van der Waals surface area (Å²) in [4.78, 5) is 2.52. The van der Waals surface area contributed by atoms with E-state index in [9.17, 15) is 4.39 Å². The predicted octanol–water partition coefficient (Wildman–Crippen LogP) is 3.88. The Morgan fingerprint density at radius 3 is 2.70 bits per heavy atom. The molecule has 2 unspecified atom stereocenters. The van der Waals surface area contributed by atoms with Gasteiger partial charge >= 0.3 is 0 Å². The van der Waals surface area contributed by atoms with Crippen molar-refractivity contribution in [3.8, 4) is 0 Å². The van der Waals surface area contributed by atoms with Gasteiger partial charge in [-0.2, -0.15) is 0 Å². The molecule has 2 heterocycles. The zero-order valence-corrected chi connectivity index (χ0v) is 13.0. The van der Waals surface area contributed by atoms with Gasteiger partial charge in [-0.1, -0.05) is 48.5 Å². The van der Waals surface area contributed by atoms with E-state index in [2.05, 4.69) is 35.2 Å². The van der Waals surface area contributed by atoms with Gasteiger partial charge in [-0.05, 0) is 35.3 Å². The Kier molecular flexibility index (Phi) is 3.98. The molecule has 2 aromatic rings. The summed E-state index contributed by atoms with van der Waals surface area (Å²) >= 11 is 0. The van der Waals surface area contributed by atoms with Crippen molar-refractivity contribution >= 4 is 5.57 Å². The third-order valence-corrected chi connectivity index (χ3v) is 4.75. The van der Waals surface area contributed by atoms with E-state index in [1.54, 1.807) is 12.1 Å². The molecule has 2 atom stereocenters. The summed E-state index contributed by atoms with van der Waals surface area (Å²) in [5, 5.41) is 0. The molecule has 0 aliphatic carbocycles. The van der Waals surface area contributed by atoms with Crippen LogP contribution in [0.15, 0.2) is 60.7 Å². The molecule has 2 nitrogen and oxygen atoms in total. The number of benzene rings is 2. The number of ether oxygens (including phenoxy) is 1. The van der Waals surface area contributed by atoms with E-state index in [0.29, 0.717) is 12.6 Å². The lowest BCUT2D eigenvalue weighted by Gasteiger charge is -2.44. The molecule has 4 rings (SSSR count). The fraction of sp³-hybridized carbons (Fsp3) is 0.300. The van der Waals surface area contributed by atoms with Crippen LogP contribution < -0.4 is 0 Å². The van der Waals surface area contributed by atoms with E-state index < -0.39 is 0 Å². The molecule has 0 N–H and O–H groups in total. The monoisotopic (exact) mass is 309 g/mol. The van der Waals surface area contributed by atoms with Crippen LogP contribution in [0.2, 0.25) is 0 Å². The van der Waals surface area contributed by atoms with Crippen molar-refractivity contribution < 1.29 is 9.13 Å². The summed E-state index contributed by atoms with van der Waals surface area (Å²) in [6.07, 6.45) is 3.17. The number of rotatable bonds is 3. The van der Waals surface area contributed by atoms with Crippen LogP contribution in [0.25, 0.3) is 5.57 Å². The van der Waals surface area contributed by atoms with Crippen molar-refractivity contribution in [2.24, 2.45) is 0 Å². The minimum atomic E-state index is -0.170. The Morgan fingerprint density at radius 1 is 1.04 bits per heavy atom. The van der Waals surface area contributed by atoms with Gasteiger partial charge in [-0.25, -0.2) is 4.39 Å². The molecule has 2 aliphatic rings. The normalized spacial score (nSPS) is 24.3. The molecule has 2 bridgehead atoms. The molecule has 23 heavy (non-hydrogen) atoms. The first kappa shape index (κ1) is 14.6. The summed E-state index contributed by atoms with van der Waals surface area (Å²) in [7, 11) is 0. The van der Waals surface area contributed by atoms with Gasteiger partial charge in [-0.15, -0.1) is 0 Å². The molecule has 1 saturated heterocycles.